The summed E-state index contributed by atoms with van der Waals surface area (Å²) in [6.07, 6.45) is -8.39. The number of carbonyl (C=O) groups is 1. The first-order valence-corrected chi connectivity index (χ1v) is 9.94. The third kappa shape index (κ3) is 6.85. The molecule has 0 radical (unpaired) electrons. The van der Waals surface area contributed by atoms with Gasteiger partial charge in [0.05, 0.1) is 5.57 Å². The van der Waals surface area contributed by atoms with Crippen molar-refractivity contribution in [1.29, 1.82) is 0 Å². The molecule has 2 rings (SSSR count). The number of nitrogens with zero attached hydrogens (tertiary/aromatic N) is 2. The number of carbonyl (C=O) groups excluding carboxylic acids is 1. The normalized spacial score (nSPS) is 16.4. The van der Waals surface area contributed by atoms with E-state index in [1.165, 1.54) is 12.1 Å². The Balaban J connectivity index is 2.40. The van der Waals surface area contributed by atoms with E-state index in [9.17, 15) is 27.8 Å². The van der Waals surface area contributed by atoms with Gasteiger partial charge in [0.15, 0.2) is 13.2 Å². The van der Waals surface area contributed by atoms with Gasteiger partial charge in [0, 0.05) is 10.6 Å². The van der Waals surface area contributed by atoms with E-state index < -0.39 is 53.6 Å². The highest BCUT2D eigenvalue weighted by molar-refractivity contribution is 6.31. The molecule has 0 saturated carbocycles. The fourth-order valence-electron chi connectivity index (χ4n) is 2.88. The van der Waals surface area contributed by atoms with Crippen LogP contribution < -0.4 is 4.74 Å². The van der Waals surface area contributed by atoms with Crippen LogP contribution in [-0.4, -0.2) is 60.1 Å². The van der Waals surface area contributed by atoms with Gasteiger partial charge >= 0.3 is 22.3 Å². The van der Waals surface area contributed by atoms with Gasteiger partial charge in [-0.15, -0.1) is 0 Å². The molecule has 1 aromatic rings. The van der Waals surface area contributed by atoms with Crippen molar-refractivity contribution in [3.05, 3.63) is 43.7 Å². The first kappa shape index (κ1) is 27.0. The van der Waals surface area contributed by atoms with Crippen LogP contribution in [0.3, 0.4) is 0 Å². The number of halogens is 4. The van der Waals surface area contributed by atoms with Gasteiger partial charge < -0.3 is 9.47 Å². The van der Waals surface area contributed by atoms with Gasteiger partial charge in [-0.25, -0.2) is 10.0 Å². The van der Waals surface area contributed by atoms with Crippen LogP contribution in [0.2, 0.25) is 5.02 Å². The van der Waals surface area contributed by atoms with Crippen LogP contribution in [0.15, 0.2) is 17.7 Å². The average Bonchev–Trinajstić information content (AvgIpc) is 2.72. The molecule has 1 aliphatic heterocycles. The van der Waals surface area contributed by atoms with Gasteiger partial charge in [-0.2, -0.15) is 27.7 Å². The van der Waals surface area contributed by atoms with Crippen LogP contribution in [0, 0.1) is 9.81 Å². The quantitative estimate of drug-likeness (QED) is 0.388. The smallest absolute Gasteiger partial charge is 0.475 e. The molecule has 0 aliphatic carbocycles. The zero-order chi connectivity index (χ0) is 25.8. The number of rotatable bonds is 9. The summed E-state index contributed by atoms with van der Waals surface area (Å²) in [7, 11) is 0.948. The Bertz CT molecular complexity index is 992. The average molecular weight is 515 g/mol. The molecule has 2 unspecified atom stereocenters. The van der Waals surface area contributed by atoms with Crippen LogP contribution >= 0.6 is 11.6 Å². The highest BCUT2D eigenvalue weighted by Crippen LogP contribution is 2.42. The van der Waals surface area contributed by atoms with Crippen LogP contribution in [-0.2, 0) is 29.5 Å². The van der Waals surface area contributed by atoms with E-state index in [1.807, 2.05) is 20.8 Å². The topological polar surface area (TPSA) is 124 Å². The number of hydrogen-bond donors (Lipinski definition) is 1. The Hall–Kier alpha value is -3.29. The predicted octanol–water partition coefficient (Wildman–Crippen LogP) is 3.63. The van der Waals surface area contributed by atoms with E-state index in [0.29, 0.717) is 5.56 Å². The molecule has 15 heteroatoms. The lowest BCUT2D eigenvalue weighted by molar-refractivity contribution is -0.982. The molecule has 0 bridgehead atoms. The molecule has 34 heavy (non-hydrogen) atoms. The van der Waals surface area contributed by atoms with Crippen molar-refractivity contribution in [2.45, 2.75) is 44.6 Å². The van der Waals surface area contributed by atoms with E-state index in [4.69, 9.17) is 26.3 Å². The van der Waals surface area contributed by atoms with Gasteiger partial charge in [-0.05, 0) is 29.2 Å². The maximum absolute atomic E-state index is 13.8. The maximum Gasteiger partial charge on any atom is 0.477 e. The lowest BCUT2D eigenvalue weighted by Gasteiger charge is -2.30. The van der Waals surface area contributed by atoms with Crippen LogP contribution in [0.1, 0.15) is 31.9 Å². The second-order valence-corrected chi connectivity index (χ2v) is 8.43. The summed E-state index contributed by atoms with van der Waals surface area (Å²) in [6, 6.07) is 2.73. The molecule has 11 nitrogen and oxygen atoms in total. The molecular formula is C19H22ClF3N2O9+2. The number of alkyl halides is 3. The van der Waals surface area contributed by atoms with E-state index >= 15 is 0 Å². The summed E-state index contributed by atoms with van der Waals surface area (Å²) in [5.41, 5.74) is -0.799. The van der Waals surface area contributed by atoms with Crippen molar-refractivity contribution in [3.8, 4) is 5.75 Å². The van der Waals surface area contributed by atoms with Crippen LogP contribution in [0.25, 0.3) is 6.08 Å². The Labute approximate surface area is 195 Å². The lowest BCUT2D eigenvalue weighted by Crippen LogP contribution is -2.42. The van der Waals surface area contributed by atoms with E-state index in [-0.39, 0.29) is 21.4 Å². The van der Waals surface area contributed by atoms with Gasteiger partial charge in [-0.1, -0.05) is 32.4 Å². The molecule has 1 heterocycles. The predicted molar refractivity (Wildman–Crippen MR) is 106 cm³/mol. The minimum absolute atomic E-state index is 0.0979. The summed E-state index contributed by atoms with van der Waals surface area (Å²) in [4.78, 5) is 47.1. The fraction of sp³-hybridized carbons (Fsp3) is 0.526. The number of esters is 1. The minimum atomic E-state index is -5.01. The highest BCUT2D eigenvalue weighted by atomic mass is 35.5. The Kier molecular flexibility index (Phi) is 8.18. The number of ether oxygens (including phenoxy) is 2. The molecule has 2 atom stereocenters. The Morgan fingerprint density at radius 3 is 2.35 bits per heavy atom. The van der Waals surface area contributed by atoms with Crippen molar-refractivity contribution in [1.82, 2.24) is 0 Å². The first-order valence-electron chi connectivity index (χ1n) is 9.56. The van der Waals surface area contributed by atoms with Gasteiger partial charge in [0.2, 0.25) is 19.3 Å². The lowest BCUT2D eigenvalue weighted by atomic mass is 9.85. The van der Waals surface area contributed by atoms with Crippen molar-refractivity contribution in [2.24, 2.45) is 0 Å². The zero-order valence-corrected chi connectivity index (χ0v) is 19.2. The molecule has 0 spiro atoms. The van der Waals surface area contributed by atoms with Crippen LogP contribution in [0.5, 0.6) is 5.75 Å². The third-order valence-corrected chi connectivity index (χ3v) is 4.75. The highest BCUT2D eigenvalue weighted by Gasteiger charge is 2.49. The molecule has 188 valence electrons. The Morgan fingerprint density at radius 1 is 1.21 bits per heavy atom. The molecule has 1 aliphatic rings. The van der Waals surface area contributed by atoms with Crippen molar-refractivity contribution >= 4 is 23.6 Å². The summed E-state index contributed by atoms with van der Waals surface area (Å²) in [5, 5.41) is 7.44. The molecule has 0 aromatic heterocycles. The third-order valence-electron chi connectivity index (χ3n) is 4.44. The number of hydrogen-bond acceptors (Lipinski definition) is 8. The summed E-state index contributed by atoms with van der Waals surface area (Å²) in [6.45, 7) is 3.78. The van der Waals surface area contributed by atoms with Crippen molar-refractivity contribution in [2.75, 3.05) is 20.3 Å². The monoisotopic (exact) mass is 514 g/mol. The second kappa shape index (κ2) is 10.3. The SMILES string of the molecule is CO[N+](=O)OCC(CO[N+](=O)O)OC(=O)C1=Cc2cc(Cl)c(C(C)(C)C)cc2OC1C(F)(F)F. The van der Waals surface area contributed by atoms with E-state index in [2.05, 4.69) is 14.5 Å². The summed E-state index contributed by atoms with van der Waals surface area (Å²) < 4.78 is 51.3. The van der Waals surface area contributed by atoms with Gasteiger partial charge in [0.1, 0.15) is 15.6 Å². The van der Waals surface area contributed by atoms with E-state index in [0.717, 1.165) is 13.2 Å². The molecule has 0 fully saturated rings. The molecular weight excluding hydrogens is 493 g/mol. The molecule has 1 N–H and O–H groups in total. The molecule has 0 saturated heterocycles. The minimum Gasteiger partial charge on any atom is -0.475 e. The number of fused-ring (bicyclic) bond motifs is 1. The molecule has 0 amide bonds. The van der Waals surface area contributed by atoms with E-state index in [1.54, 1.807) is 0 Å². The Morgan fingerprint density at radius 2 is 1.82 bits per heavy atom. The second-order valence-electron chi connectivity index (χ2n) is 8.02. The summed E-state index contributed by atoms with van der Waals surface area (Å²) in [5.74, 6) is -1.65. The van der Waals surface area contributed by atoms with Crippen molar-refractivity contribution < 1.29 is 57.3 Å². The van der Waals surface area contributed by atoms with Crippen LogP contribution in [0.4, 0.5) is 13.2 Å². The first-order chi connectivity index (χ1) is 15.6. The zero-order valence-electron chi connectivity index (χ0n) is 18.4. The standard InChI is InChI=1S/C19H22ClF3N2O9/c1-18(2,3)13-7-15-10(6-14(13)20)5-12(16(34-15)19(21,22)23)17(26)33-11(8-31-24(27)28)9-32-25(29)30-4/h5-7,11,16H,8-9H2,1-4H3,(H,27,28)/q+2. The maximum atomic E-state index is 13.8. The van der Waals surface area contributed by atoms with Gasteiger partial charge in [0.25, 0.3) is 0 Å². The summed E-state index contributed by atoms with van der Waals surface area (Å²) >= 11 is 6.28. The molecule has 1 aromatic carbocycles. The number of benzene rings is 1. The largest absolute Gasteiger partial charge is 0.477 e. The van der Waals surface area contributed by atoms with Crippen molar-refractivity contribution in [3.63, 3.8) is 0 Å². The fourth-order valence-corrected chi connectivity index (χ4v) is 3.34. The van der Waals surface area contributed by atoms with Gasteiger partial charge in [-0.3, -0.25) is 0 Å².